The number of hydrogen-bond donors (Lipinski definition) is 5. The lowest BCUT2D eigenvalue weighted by Crippen LogP contribution is -2.71. The average molecular weight is 366 g/mol. The lowest BCUT2D eigenvalue weighted by molar-refractivity contribution is -0.270. The second kappa shape index (κ2) is 5.77. The Hall–Kier alpha value is -0.460. The molecule has 5 heteroatoms. The van der Waals surface area contributed by atoms with E-state index in [2.05, 4.69) is 13.0 Å². The summed E-state index contributed by atoms with van der Waals surface area (Å²) in [5.41, 5.74) is -1.15. The predicted octanol–water partition coefficient (Wildman–Crippen LogP) is 1.36. The average Bonchev–Trinajstić information content (AvgIpc) is 2.86. The Balaban J connectivity index is 1.81. The standard InChI is InChI=1S/C21H34O5/c1-11(22)14-7-9-21(26)15-5-4-12-10-13(23)6-8-19(12,2)16(15)17(24)18(25)20(14,21)3/h4,11,13-18,22-26H,5-10H2,1-3H3/t11-,13-,14+,15+,16+,17+,18+,19-,20-,21-/m0/s1. The van der Waals surface area contributed by atoms with E-state index < -0.39 is 29.3 Å². The Bertz CT molecular complexity index is 618. The zero-order valence-corrected chi connectivity index (χ0v) is 16.1. The van der Waals surface area contributed by atoms with E-state index in [4.69, 9.17) is 0 Å². The molecule has 0 saturated heterocycles. The van der Waals surface area contributed by atoms with Gasteiger partial charge in [-0.3, -0.25) is 0 Å². The van der Waals surface area contributed by atoms with Crippen molar-refractivity contribution >= 4 is 0 Å². The van der Waals surface area contributed by atoms with Gasteiger partial charge in [0.15, 0.2) is 0 Å². The predicted molar refractivity (Wildman–Crippen MR) is 97.1 cm³/mol. The van der Waals surface area contributed by atoms with Gasteiger partial charge in [0.2, 0.25) is 0 Å². The van der Waals surface area contributed by atoms with Gasteiger partial charge in [-0.2, -0.15) is 0 Å². The molecule has 0 radical (unpaired) electrons. The van der Waals surface area contributed by atoms with Crippen LogP contribution in [-0.4, -0.2) is 55.5 Å². The molecule has 4 aliphatic rings. The van der Waals surface area contributed by atoms with E-state index in [1.54, 1.807) is 6.92 Å². The van der Waals surface area contributed by atoms with Crippen LogP contribution < -0.4 is 0 Å². The van der Waals surface area contributed by atoms with E-state index in [0.29, 0.717) is 32.1 Å². The number of aliphatic hydroxyl groups excluding tert-OH is 4. The summed E-state index contributed by atoms with van der Waals surface area (Å²) in [6.07, 6.45) is 3.12. The molecule has 0 aliphatic heterocycles. The summed E-state index contributed by atoms with van der Waals surface area (Å²) in [6, 6.07) is 0. The summed E-state index contributed by atoms with van der Waals surface area (Å²) in [6.45, 7) is 5.70. The Labute approximate surface area is 155 Å². The second-order valence-corrected chi connectivity index (χ2v) is 9.94. The van der Waals surface area contributed by atoms with Crippen molar-refractivity contribution < 1.29 is 25.5 Å². The molecule has 0 spiro atoms. The van der Waals surface area contributed by atoms with Gasteiger partial charge in [0.25, 0.3) is 0 Å². The minimum Gasteiger partial charge on any atom is -0.393 e. The molecule has 148 valence electrons. The molecule has 0 heterocycles. The molecule has 0 aromatic carbocycles. The third-order valence-electron chi connectivity index (χ3n) is 9.01. The summed E-state index contributed by atoms with van der Waals surface area (Å²) in [5, 5.41) is 54.7. The largest absolute Gasteiger partial charge is 0.393 e. The third kappa shape index (κ3) is 2.10. The van der Waals surface area contributed by atoms with E-state index in [9.17, 15) is 25.5 Å². The van der Waals surface area contributed by atoms with Crippen LogP contribution in [0.5, 0.6) is 0 Å². The van der Waals surface area contributed by atoms with Crippen LogP contribution in [0, 0.1) is 28.6 Å². The van der Waals surface area contributed by atoms with Gasteiger partial charge in [-0.05, 0) is 62.7 Å². The monoisotopic (exact) mass is 366 g/mol. The van der Waals surface area contributed by atoms with Crippen molar-refractivity contribution in [2.24, 2.45) is 28.6 Å². The van der Waals surface area contributed by atoms with Gasteiger partial charge in [0.1, 0.15) is 0 Å². The first-order valence-electron chi connectivity index (χ1n) is 10.2. The lowest BCUT2D eigenvalue weighted by Gasteiger charge is -2.64. The molecule has 5 nitrogen and oxygen atoms in total. The Morgan fingerprint density at radius 1 is 1.12 bits per heavy atom. The molecule has 0 unspecified atom stereocenters. The summed E-state index contributed by atoms with van der Waals surface area (Å²) in [7, 11) is 0. The number of rotatable bonds is 1. The molecule has 26 heavy (non-hydrogen) atoms. The van der Waals surface area contributed by atoms with E-state index >= 15 is 0 Å². The van der Waals surface area contributed by atoms with Crippen LogP contribution in [0.2, 0.25) is 0 Å². The highest BCUT2D eigenvalue weighted by Gasteiger charge is 2.72. The fraction of sp³-hybridized carbons (Fsp3) is 0.905. The van der Waals surface area contributed by atoms with Crippen molar-refractivity contribution in [1.29, 1.82) is 0 Å². The third-order valence-corrected chi connectivity index (χ3v) is 9.01. The van der Waals surface area contributed by atoms with Crippen LogP contribution in [0.15, 0.2) is 11.6 Å². The molecular formula is C21H34O5. The number of allylic oxidation sites excluding steroid dienone is 1. The number of fused-ring (bicyclic) bond motifs is 5. The Morgan fingerprint density at radius 3 is 2.46 bits per heavy atom. The highest BCUT2D eigenvalue weighted by atomic mass is 16.3. The Kier molecular flexibility index (Phi) is 4.19. The first kappa shape index (κ1) is 18.9. The highest BCUT2D eigenvalue weighted by molar-refractivity contribution is 5.30. The zero-order valence-electron chi connectivity index (χ0n) is 16.1. The van der Waals surface area contributed by atoms with Gasteiger partial charge in [0, 0.05) is 11.3 Å². The summed E-state index contributed by atoms with van der Waals surface area (Å²) >= 11 is 0. The van der Waals surface area contributed by atoms with Crippen LogP contribution in [-0.2, 0) is 0 Å². The smallest absolute Gasteiger partial charge is 0.0886 e. The quantitative estimate of drug-likeness (QED) is 0.451. The van der Waals surface area contributed by atoms with E-state index in [1.807, 2.05) is 6.92 Å². The van der Waals surface area contributed by atoms with Crippen molar-refractivity contribution in [3.05, 3.63) is 11.6 Å². The maximum atomic E-state index is 11.9. The minimum atomic E-state index is -1.10. The first-order valence-corrected chi connectivity index (χ1v) is 10.2. The molecule has 4 rings (SSSR count). The number of hydrogen-bond acceptors (Lipinski definition) is 5. The SMILES string of the molecule is C[C@H](O)[C@H]1CC[C@]2(O)[C@@H]3CC=C4C[C@@H](O)CC[C@]4(C)[C@H]3[C@@H](O)[C@@H](O)[C@]12C. The summed E-state index contributed by atoms with van der Waals surface area (Å²) in [5.74, 6) is -0.598. The van der Waals surface area contributed by atoms with Crippen LogP contribution in [0.4, 0.5) is 0 Å². The van der Waals surface area contributed by atoms with Gasteiger partial charge in [-0.15, -0.1) is 0 Å². The van der Waals surface area contributed by atoms with Gasteiger partial charge < -0.3 is 25.5 Å². The van der Waals surface area contributed by atoms with Gasteiger partial charge in [0.05, 0.1) is 30.0 Å². The topological polar surface area (TPSA) is 101 Å². The fourth-order valence-electron chi connectivity index (χ4n) is 7.50. The molecule has 0 amide bonds. The van der Waals surface area contributed by atoms with Crippen LogP contribution in [0.3, 0.4) is 0 Å². The van der Waals surface area contributed by atoms with Crippen molar-refractivity contribution in [2.45, 2.75) is 89.3 Å². The zero-order chi connectivity index (χ0) is 19.1. The second-order valence-electron chi connectivity index (χ2n) is 9.94. The number of aliphatic hydroxyl groups is 5. The molecule has 0 bridgehead atoms. The van der Waals surface area contributed by atoms with Crippen molar-refractivity contribution in [2.75, 3.05) is 0 Å². The van der Waals surface area contributed by atoms with Gasteiger partial charge in [-0.25, -0.2) is 0 Å². The molecule has 4 aliphatic carbocycles. The van der Waals surface area contributed by atoms with Crippen LogP contribution in [0.1, 0.15) is 59.3 Å². The van der Waals surface area contributed by atoms with E-state index in [0.717, 1.165) is 6.42 Å². The molecular weight excluding hydrogens is 332 g/mol. The molecule has 5 N–H and O–H groups in total. The maximum Gasteiger partial charge on any atom is 0.0886 e. The van der Waals surface area contributed by atoms with Crippen LogP contribution in [0.25, 0.3) is 0 Å². The molecule has 3 saturated carbocycles. The summed E-state index contributed by atoms with van der Waals surface area (Å²) < 4.78 is 0. The molecule has 0 aromatic rings. The molecule has 10 atom stereocenters. The van der Waals surface area contributed by atoms with Gasteiger partial charge >= 0.3 is 0 Å². The molecule has 0 aromatic heterocycles. The van der Waals surface area contributed by atoms with Crippen LogP contribution >= 0.6 is 0 Å². The fourth-order valence-corrected chi connectivity index (χ4v) is 7.50. The first-order chi connectivity index (χ1) is 12.1. The lowest BCUT2D eigenvalue weighted by atomic mass is 9.44. The Morgan fingerprint density at radius 2 is 1.81 bits per heavy atom. The van der Waals surface area contributed by atoms with Crippen molar-refractivity contribution in [3.63, 3.8) is 0 Å². The minimum absolute atomic E-state index is 0.140. The maximum absolute atomic E-state index is 11.9. The van der Waals surface area contributed by atoms with Crippen molar-refractivity contribution in [1.82, 2.24) is 0 Å². The highest BCUT2D eigenvalue weighted by Crippen LogP contribution is 2.68. The normalized spacial score (nSPS) is 57.6. The van der Waals surface area contributed by atoms with E-state index in [-0.39, 0.29) is 29.3 Å². The summed E-state index contributed by atoms with van der Waals surface area (Å²) in [4.78, 5) is 0. The van der Waals surface area contributed by atoms with Crippen molar-refractivity contribution in [3.8, 4) is 0 Å². The van der Waals surface area contributed by atoms with Gasteiger partial charge in [-0.1, -0.05) is 25.5 Å². The molecule has 3 fully saturated rings. The van der Waals surface area contributed by atoms with E-state index in [1.165, 1.54) is 5.57 Å².